The SMILES string of the molecule is CN1C2CCC1CN(C(=O)CCCCN)CC2. The number of carbonyl (C=O) groups excluding carboxylic acids is 1. The Morgan fingerprint density at radius 2 is 2.00 bits per heavy atom. The van der Waals surface area contributed by atoms with E-state index in [0.29, 0.717) is 31.0 Å². The Kier molecular flexibility index (Phi) is 4.40. The summed E-state index contributed by atoms with van der Waals surface area (Å²) in [6.45, 7) is 2.59. The molecule has 2 aliphatic heterocycles. The van der Waals surface area contributed by atoms with Crippen LogP contribution in [0.25, 0.3) is 0 Å². The normalized spacial score (nSPS) is 29.4. The summed E-state index contributed by atoms with van der Waals surface area (Å²) < 4.78 is 0. The fourth-order valence-corrected chi connectivity index (χ4v) is 3.11. The monoisotopic (exact) mass is 239 g/mol. The maximum absolute atomic E-state index is 12.1. The van der Waals surface area contributed by atoms with Crippen LogP contribution in [0.5, 0.6) is 0 Å². The lowest BCUT2D eigenvalue weighted by Gasteiger charge is -2.25. The largest absolute Gasteiger partial charge is 0.341 e. The van der Waals surface area contributed by atoms with E-state index in [4.69, 9.17) is 5.73 Å². The Bertz CT molecular complexity index is 269. The van der Waals surface area contributed by atoms with Crippen molar-refractivity contribution in [2.24, 2.45) is 5.73 Å². The number of likely N-dealkylation sites (N-methyl/N-ethyl adjacent to an activating group) is 1. The molecule has 2 atom stereocenters. The first-order valence-electron chi connectivity index (χ1n) is 6.92. The second kappa shape index (κ2) is 5.83. The van der Waals surface area contributed by atoms with E-state index in [1.165, 1.54) is 12.8 Å². The van der Waals surface area contributed by atoms with Gasteiger partial charge in [-0.15, -0.1) is 0 Å². The molecule has 2 N–H and O–H groups in total. The van der Waals surface area contributed by atoms with Gasteiger partial charge >= 0.3 is 0 Å². The van der Waals surface area contributed by atoms with Crippen LogP contribution in [-0.4, -0.2) is 54.5 Å². The van der Waals surface area contributed by atoms with Gasteiger partial charge in [-0.3, -0.25) is 9.69 Å². The zero-order valence-corrected chi connectivity index (χ0v) is 10.9. The summed E-state index contributed by atoms with van der Waals surface area (Å²) in [6, 6.07) is 1.31. The van der Waals surface area contributed by atoms with Crippen molar-refractivity contribution in [2.45, 2.75) is 50.6 Å². The Hall–Kier alpha value is -0.610. The molecule has 2 bridgehead atoms. The van der Waals surface area contributed by atoms with Gasteiger partial charge in [0.1, 0.15) is 0 Å². The number of amides is 1. The first kappa shape index (κ1) is 12.8. The van der Waals surface area contributed by atoms with Gasteiger partial charge in [-0.25, -0.2) is 0 Å². The molecular formula is C13H25N3O. The second-order valence-electron chi connectivity index (χ2n) is 5.42. The molecule has 0 aromatic heterocycles. The number of carbonyl (C=O) groups is 1. The smallest absolute Gasteiger partial charge is 0.222 e. The maximum atomic E-state index is 12.1. The molecule has 1 amide bonds. The topological polar surface area (TPSA) is 49.6 Å². The van der Waals surface area contributed by atoms with Gasteiger partial charge in [0.05, 0.1) is 0 Å². The number of nitrogens with two attached hydrogens (primary N) is 1. The Labute approximate surface area is 104 Å². The highest BCUT2D eigenvalue weighted by Gasteiger charge is 2.35. The third-order valence-corrected chi connectivity index (χ3v) is 4.35. The minimum Gasteiger partial charge on any atom is -0.341 e. The molecule has 0 spiro atoms. The van der Waals surface area contributed by atoms with E-state index in [9.17, 15) is 4.79 Å². The maximum Gasteiger partial charge on any atom is 0.222 e. The summed E-state index contributed by atoms with van der Waals surface area (Å²) in [4.78, 5) is 16.6. The number of nitrogens with zero attached hydrogens (tertiary/aromatic N) is 2. The predicted molar refractivity (Wildman–Crippen MR) is 68.7 cm³/mol. The lowest BCUT2D eigenvalue weighted by atomic mass is 10.1. The van der Waals surface area contributed by atoms with Gasteiger partial charge in [0.25, 0.3) is 0 Å². The number of hydrogen-bond acceptors (Lipinski definition) is 3. The second-order valence-corrected chi connectivity index (χ2v) is 5.42. The number of fused-ring (bicyclic) bond motifs is 2. The van der Waals surface area contributed by atoms with E-state index in [0.717, 1.165) is 32.4 Å². The first-order valence-corrected chi connectivity index (χ1v) is 6.92. The molecule has 2 unspecified atom stereocenters. The summed E-state index contributed by atoms with van der Waals surface area (Å²) in [5, 5.41) is 0. The number of rotatable bonds is 4. The third kappa shape index (κ3) is 2.99. The Morgan fingerprint density at radius 3 is 2.76 bits per heavy atom. The molecule has 0 aromatic carbocycles. The van der Waals surface area contributed by atoms with E-state index in [2.05, 4.69) is 16.8 Å². The van der Waals surface area contributed by atoms with Crippen molar-refractivity contribution in [3.63, 3.8) is 0 Å². The lowest BCUT2D eigenvalue weighted by molar-refractivity contribution is -0.131. The van der Waals surface area contributed by atoms with Crippen molar-refractivity contribution >= 4 is 5.91 Å². The molecule has 0 aromatic rings. The van der Waals surface area contributed by atoms with Gasteiger partial charge < -0.3 is 10.6 Å². The standard InChI is InChI=1S/C13H25N3O/c1-15-11-5-6-12(15)10-16(9-7-11)13(17)4-2-3-8-14/h11-12H,2-10,14H2,1H3. The van der Waals surface area contributed by atoms with E-state index in [1.807, 2.05) is 0 Å². The van der Waals surface area contributed by atoms with Crippen molar-refractivity contribution in [3.8, 4) is 0 Å². The van der Waals surface area contributed by atoms with Gasteiger partial charge in [-0.1, -0.05) is 0 Å². The van der Waals surface area contributed by atoms with Crippen molar-refractivity contribution in [2.75, 3.05) is 26.7 Å². The van der Waals surface area contributed by atoms with E-state index in [-0.39, 0.29) is 0 Å². The van der Waals surface area contributed by atoms with Crippen LogP contribution in [-0.2, 0) is 4.79 Å². The average Bonchev–Trinajstić information content (AvgIpc) is 2.53. The van der Waals surface area contributed by atoms with Crippen LogP contribution in [0.15, 0.2) is 0 Å². The van der Waals surface area contributed by atoms with E-state index in [1.54, 1.807) is 0 Å². The summed E-state index contributed by atoms with van der Waals surface area (Å²) in [5.41, 5.74) is 5.45. The molecule has 17 heavy (non-hydrogen) atoms. The summed E-state index contributed by atoms with van der Waals surface area (Å²) in [7, 11) is 2.21. The van der Waals surface area contributed by atoms with Crippen LogP contribution in [0.3, 0.4) is 0 Å². The molecule has 0 aliphatic carbocycles. The zero-order valence-electron chi connectivity index (χ0n) is 10.9. The van der Waals surface area contributed by atoms with Crippen molar-refractivity contribution in [1.29, 1.82) is 0 Å². The molecule has 2 fully saturated rings. The number of hydrogen-bond donors (Lipinski definition) is 1. The highest BCUT2D eigenvalue weighted by atomic mass is 16.2. The van der Waals surface area contributed by atoms with Crippen molar-refractivity contribution < 1.29 is 4.79 Å². The first-order chi connectivity index (χ1) is 8.22. The van der Waals surface area contributed by atoms with Gasteiger partial charge in [0.15, 0.2) is 0 Å². The van der Waals surface area contributed by atoms with Crippen LogP contribution in [0.2, 0.25) is 0 Å². The minimum absolute atomic E-state index is 0.333. The van der Waals surface area contributed by atoms with Crippen molar-refractivity contribution in [1.82, 2.24) is 9.80 Å². The third-order valence-electron chi connectivity index (χ3n) is 4.35. The number of unbranched alkanes of at least 4 members (excludes halogenated alkanes) is 1. The van der Waals surface area contributed by atoms with Crippen LogP contribution in [0.1, 0.15) is 38.5 Å². The lowest BCUT2D eigenvalue weighted by Crippen LogP contribution is -2.39. The summed E-state index contributed by atoms with van der Waals surface area (Å²) >= 11 is 0. The van der Waals surface area contributed by atoms with Crippen LogP contribution in [0, 0.1) is 0 Å². The predicted octanol–water partition coefficient (Wildman–Crippen LogP) is 0.811. The van der Waals surface area contributed by atoms with Crippen LogP contribution >= 0.6 is 0 Å². The highest BCUT2D eigenvalue weighted by Crippen LogP contribution is 2.28. The van der Waals surface area contributed by atoms with E-state index >= 15 is 0 Å². The molecule has 0 saturated carbocycles. The molecule has 2 aliphatic rings. The molecular weight excluding hydrogens is 214 g/mol. The molecule has 2 saturated heterocycles. The Balaban J connectivity index is 1.83. The molecule has 98 valence electrons. The summed E-state index contributed by atoms with van der Waals surface area (Å²) in [6.07, 6.45) is 6.30. The zero-order chi connectivity index (χ0) is 12.3. The average molecular weight is 239 g/mol. The highest BCUT2D eigenvalue weighted by molar-refractivity contribution is 5.76. The number of likely N-dealkylation sites (tertiary alicyclic amines) is 1. The molecule has 2 heterocycles. The van der Waals surface area contributed by atoms with Gasteiger partial charge in [0, 0.05) is 31.6 Å². The fraction of sp³-hybridized carbons (Fsp3) is 0.923. The van der Waals surface area contributed by atoms with Gasteiger partial charge in [-0.2, -0.15) is 0 Å². The molecule has 0 radical (unpaired) electrons. The molecule has 4 nitrogen and oxygen atoms in total. The quantitative estimate of drug-likeness (QED) is 0.739. The van der Waals surface area contributed by atoms with Gasteiger partial charge in [0.2, 0.25) is 5.91 Å². The summed E-state index contributed by atoms with van der Waals surface area (Å²) in [5.74, 6) is 0.333. The Morgan fingerprint density at radius 1 is 1.24 bits per heavy atom. The van der Waals surface area contributed by atoms with Gasteiger partial charge in [-0.05, 0) is 45.7 Å². The fourth-order valence-electron chi connectivity index (χ4n) is 3.11. The molecule has 2 rings (SSSR count). The molecule has 4 heteroatoms. The van der Waals surface area contributed by atoms with Crippen LogP contribution in [0.4, 0.5) is 0 Å². The van der Waals surface area contributed by atoms with Crippen molar-refractivity contribution in [3.05, 3.63) is 0 Å². The van der Waals surface area contributed by atoms with E-state index < -0.39 is 0 Å². The minimum atomic E-state index is 0.333. The van der Waals surface area contributed by atoms with Crippen LogP contribution < -0.4 is 5.73 Å².